The van der Waals surface area contributed by atoms with Crippen LogP contribution in [-0.4, -0.2) is 46.0 Å². The first kappa shape index (κ1) is 14.9. The molecule has 1 atom stereocenters. The first-order valence-electron chi connectivity index (χ1n) is 5.66. The number of rotatable bonds is 5. The molecule has 0 saturated carbocycles. The summed E-state index contributed by atoms with van der Waals surface area (Å²) in [7, 11) is 1.43. The molecule has 110 valence electrons. The summed E-state index contributed by atoms with van der Waals surface area (Å²) in [5, 5.41) is 14.6. The molecule has 5 nitrogen and oxygen atoms in total. The largest absolute Gasteiger partial charge is 0.415 e. The Kier molecular flexibility index (Phi) is 4.41. The second-order valence-corrected chi connectivity index (χ2v) is 5.19. The summed E-state index contributed by atoms with van der Waals surface area (Å²) in [6.07, 6.45) is -7.03. The van der Waals surface area contributed by atoms with Crippen molar-refractivity contribution in [3.8, 4) is 10.7 Å². The summed E-state index contributed by atoms with van der Waals surface area (Å²) in [6.45, 7) is -0.522. The smallest absolute Gasteiger partial charge is 0.382 e. The standard InChI is InChI=1S/C11H12F3N3O2S/c1-17(5-8(18)11(12,13)14)6-9-15-10(16-19-9)7-3-2-4-20-7/h2-4,8,18H,5-6H2,1H3. The van der Waals surface area contributed by atoms with Gasteiger partial charge < -0.3 is 9.63 Å². The van der Waals surface area contributed by atoms with Gasteiger partial charge >= 0.3 is 6.18 Å². The van der Waals surface area contributed by atoms with Gasteiger partial charge in [0.1, 0.15) is 0 Å². The van der Waals surface area contributed by atoms with Crippen LogP contribution in [0.5, 0.6) is 0 Å². The van der Waals surface area contributed by atoms with Crippen LogP contribution < -0.4 is 0 Å². The molecule has 0 saturated heterocycles. The lowest BCUT2D eigenvalue weighted by Gasteiger charge is -2.20. The zero-order chi connectivity index (χ0) is 14.8. The van der Waals surface area contributed by atoms with E-state index in [0.29, 0.717) is 5.82 Å². The quantitative estimate of drug-likeness (QED) is 0.917. The van der Waals surface area contributed by atoms with E-state index in [0.717, 1.165) is 4.88 Å². The number of hydrogen-bond donors (Lipinski definition) is 1. The summed E-state index contributed by atoms with van der Waals surface area (Å²) >= 11 is 1.43. The van der Waals surface area contributed by atoms with Gasteiger partial charge in [0.15, 0.2) is 6.10 Å². The van der Waals surface area contributed by atoms with Crippen LogP contribution in [0.15, 0.2) is 22.0 Å². The van der Waals surface area contributed by atoms with Crippen LogP contribution in [-0.2, 0) is 6.54 Å². The van der Waals surface area contributed by atoms with Gasteiger partial charge in [-0.15, -0.1) is 11.3 Å². The fourth-order valence-corrected chi connectivity index (χ4v) is 2.17. The minimum absolute atomic E-state index is 0.0332. The molecule has 0 fully saturated rings. The van der Waals surface area contributed by atoms with Crippen molar-refractivity contribution < 1.29 is 22.8 Å². The zero-order valence-electron chi connectivity index (χ0n) is 10.5. The number of aliphatic hydroxyl groups excluding tert-OH is 1. The van der Waals surface area contributed by atoms with Crippen molar-refractivity contribution in [2.24, 2.45) is 0 Å². The van der Waals surface area contributed by atoms with E-state index in [2.05, 4.69) is 10.1 Å². The molecule has 2 aromatic heterocycles. The second kappa shape index (κ2) is 5.90. The molecule has 1 unspecified atom stereocenters. The summed E-state index contributed by atoms with van der Waals surface area (Å²) in [4.78, 5) is 6.18. The molecule has 2 heterocycles. The Bertz CT molecular complexity index is 541. The van der Waals surface area contributed by atoms with Crippen LogP contribution >= 0.6 is 11.3 Å². The predicted octanol–water partition coefficient (Wildman–Crippen LogP) is 2.15. The first-order valence-corrected chi connectivity index (χ1v) is 6.54. The second-order valence-electron chi connectivity index (χ2n) is 4.24. The molecule has 0 radical (unpaired) electrons. The lowest BCUT2D eigenvalue weighted by Crippen LogP contribution is -2.39. The highest BCUT2D eigenvalue weighted by Gasteiger charge is 2.38. The van der Waals surface area contributed by atoms with E-state index in [1.54, 1.807) is 0 Å². The molecule has 2 aromatic rings. The molecule has 20 heavy (non-hydrogen) atoms. The van der Waals surface area contributed by atoms with Gasteiger partial charge in [-0.2, -0.15) is 18.2 Å². The van der Waals surface area contributed by atoms with Crippen molar-refractivity contribution in [1.82, 2.24) is 15.0 Å². The Morgan fingerprint density at radius 3 is 2.85 bits per heavy atom. The Labute approximate surface area is 116 Å². The SMILES string of the molecule is CN(Cc1nc(-c2cccs2)no1)CC(O)C(F)(F)F. The number of alkyl halides is 3. The fraction of sp³-hybridized carbons (Fsp3) is 0.455. The Balaban J connectivity index is 1.94. The average Bonchev–Trinajstić information content (AvgIpc) is 2.96. The fourth-order valence-electron chi connectivity index (χ4n) is 1.52. The third-order valence-electron chi connectivity index (χ3n) is 2.48. The van der Waals surface area contributed by atoms with Crippen LogP contribution in [0.3, 0.4) is 0 Å². The molecule has 0 bridgehead atoms. The molecule has 2 rings (SSSR count). The van der Waals surface area contributed by atoms with Crippen molar-refractivity contribution >= 4 is 11.3 Å². The molecule has 0 amide bonds. The molecule has 9 heteroatoms. The zero-order valence-corrected chi connectivity index (χ0v) is 11.3. The van der Waals surface area contributed by atoms with Crippen molar-refractivity contribution in [2.75, 3.05) is 13.6 Å². The maximum atomic E-state index is 12.2. The highest BCUT2D eigenvalue weighted by molar-refractivity contribution is 7.13. The van der Waals surface area contributed by atoms with E-state index in [9.17, 15) is 13.2 Å². The van der Waals surface area contributed by atoms with Crippen LogP contribution in [0, 0.1) is 0 Å². The number of aliphatic hydroxyl groups is 1. The van der Waals surface area contributed by atoms with Crippen molar-refractivity contribution in [3.05, 3.63) is 23.4 Å². The van der Waals surface area contributed by atoms with Gasteiger partial charge in [-0.05, 0) is 18.5 Å². The number of hydrogen-bond acceptors (Lipinski definition) is 6. The first-order chi connectivity index (χ1) is 9.36. The Hall–Kier alpha value is -1.45. The van der Waals surface area contributed by atoms with Gasteiger partial charge in [-0.1, -0.05) is 11.2 Å². The highest BCUT2D eigenvalue weighted by Crippen LogP contribution is 2.22. The topological polar surface area (TPSA) is 62.4 Å². The van der Waals surface area contributed by atoms with Crippen molar-refractivity contribution in [2.45, 2.75) is 18.8 Å². The third-order valence-corrected chi connectivity index (χ3v) is 3.34. The average molecular weight is 307 g/mol. The van der Waals surface area contributed by atoms with Gasteiger partial charge in [0, 0.05) is 6.54 Å². The van der Waals surface area contributed by atoms with E-state index in [1.165, 1.54) is 23.3 Å². The molecule has 0 spiro atoms. The Morgan fingerprint density at radius 2 is 2.25 bits per heavy atom. The van der Waals surface area contributed by atoms with E-state index in [4.69, 9.17) is 9.63 Å². The van der Waals surface area contributed by atoms with E-state index >= 15 is 0 Å². The van der Waals surface area contributed by atoms with Crippen LogP contribution in [0.1, 0.15) is 5.89 Å². The number of aromatic nitrogens is 2. The Morgan fingerprint density at radius 1 is 1.50 bits per heavy atom. The van der Waals surface area contributed by atoms with Gasteiger partial charge in [-0.3, -0.25) is 4.90 Å². The molecular formula is C11H12F3N3O2S. The summed E-state index contributed by atoms with van der Waals surface area (Å²) in [6, 6.07) is 3.65. The van der Waals surface area contributed by atoms with Crippen LogP contribution in [0.4, 0.5) is 13.2 Å². The van der Waals surface area contributed by atoms with Crippen LogP contribution in [0.2, 0.25) is 0 Å². The number of likely N-dealkylation sites (N-methyl/N-ethyl adjacent to an activating group) is 1. The minimum Gasteiger partial charge on any atom is -0.382 e. The summed E-state index contributed by atoms with van der Waals surface area (Å²) in [5.41, 5.74) is 0. The molecule has 0 aliphatic rings. The van der Waals surface area contributed by atoms with E-state index in [1.807, 2.05) is 17.5 Å². The minimum atomic E-state index is -4.63. The predicted molar refractivity (Wildman–Crippen MR) is 66.0 cm³/mol. The number of halogens is 3. The van der Waals surface area contributed by atoms with Gasteiger partial charge in [0.05, 0.1) is 11.4 Å². The molecular weight excluding hydrogens is 295 g/mol. The number of thiophene rings is 1. The molecule has 0 aromatic carbocycles. The van der Waals surface area contributed by atoms with Gasteiger partial charge in [-0.25, -0.2) is 0 Å². The molecule has 0 aliphatic heterocycles. The number of nitrogens with zero attached hydrogens (tertiary/aromatic N) is 3. The highest BCUT2D eigenvalue weighted by atomic mass is 32.1. The normalized spacial score (nSPS) is 13.9. The molecule has 0 aliphatic carbocycles. The summed E-state index contributed by atoms with van der Waals surface area (Å²) < 4.78 is 41.6. The summed E-state index contributed by atoms with van der Waals surface area (Å²) in [5.74, 6) is 0.602. The maximum Gasteiger partial charge on any atom is 0.415 e. The maximum absolute atomic E-state index is 12.2. The van der Waals surface area contributed by atoms with Gasteiger partial charge in [0.2, 0.25) is 11.7 Å². The lowest BCUT2D eigenvalue weighted by molar-refractivity contribution is -0.207. The monoisotopic (exact) mass is 307 g/mol. The van der Waals surface area contributed by atoms with Crippen molar-refractivity contribution in [1.29, 1.82) is 0 Å². The van der Waals surface area contributed by atoms with Gasteiger partial charge in [0.25, 0.3) is 0 Å². The van der Waals surface area contributed by atoms with Crippen LogP contribution in [0.25, 0.3) is 10.7 Å². The van der Waals surface area contributed by atoms with Crippen molar-refractivity contribution in [3.63, 3.8) is 0 Å². The molecule has 1 N–H and O–H groups in total. The van der Waals surface area contributed by atoms with E-state index < -0.39 is 18.8 Å². The van der Waals surface area contributed by atoms with E-state index in [-0.39, 0.29) is 12.4 Å². The third kappa shape index (κ3) is 3.78. The lowest BCUT2D eigenvalue weighted by atomic mass is 10.3.